The van der Waals surface area contributed by atoms with E-state index in [1.54, 1.807) is 4.80 Å². The third kappa shape index (κ3) is 2.49. The second kappa shape index (κ2) is 3.71. The lowest BCUT2D eigenvalue weighted by Crippen LogP contribution is -2.07. The Bertz CT molecular complexity index is 220. The SMILES string of the molecule is CSc1nnn(CC(C)C)n1. The highest BCUT2D eigenvalue weighted by atomic mass is 32.2. The van der Waals surface area contributed by atoms with Crippen molar-refractivity contribution in [3.8, 4) is 0 Å². The highest BCUT2D eigenvalue weighted by molar-refractivity contribution is 7.98. The fraction of sp³-hybridized carbons (Fsp3) is 0.833. The number of tetrazole rings is 1. The van der Waals surface area contributed by atoms with E-state index in [2.05, 4.69) is 29.3 Å². The van der Waals surface area contributed by atoms with Crippen LogP contribution in [0.5, 0.6) is 0 Å². The summed E-state index contributed by atoms with van der Waals surface area (Å²) >= 11 is 1.51. The summed E-state index contributed by atoms with van der Waals surface area (Å²) in [5.41, 5.74) is 0. The van der Waals surface area contributed by atoms with Gasteiger partial charge < -0.3 is 0 Å². The van der Waals surface area contributed by atoms with Crippen molar-refractivity contribution in [2.24, 2.45) is 5.92 Å². The topological polar surface area (TPSA) is 43.6 Å². The zero-order chi connectivity index (χ0) is 8.27. The Balaban J connectivity index is 2.58. The van der Waals surface area contributed by atoms with E-state index in [9.17, 15) is 0 Å². The van der Waals surface area contributed by atoms with Crippen molar-refractivity contribution in [2.75, 3.05) is 6.26 Å². The lowest BCUT2D eigenvalue weighted by Gasteiger charge is -1.99. The molecule has 1 aromatic rings. The lowest BCUT2D eigenvalue weighted by molar-refractivity contribution is 0.427. The highest BCUT2D eigenvalue weighted by Crippen LogP contribution is 2.04. The molecule has 11 heavy (non-hydrogen) atoms. The van der Waals surface area contributed by atoms with Gasteiger partial charge in [-0.1, -0.05) is 25.6 Å². The summed E-state index contributed by atoms with van der Waals surface area (Å²) in [6.07, 6.45) is 1.94. The van der Waals surface area contributed by atoms with E-state index in [0.29, 0.717) is 5.92 Å². The standard InChI is InChI=1S/C6H12N4S/c1-5(2)4-10-8-6(11-3)7-9-10/h5H,4H2,1-3H3. The van der Waals surface area contributed by atoms with E-state index in [4.69, 9.17) is 0 Å². The summed E-state index contributed by atoms with van der Waals surface area (Å²) in [5, 5.41) is 12.6. The van der Waals surface area contributed by atoms with Crippen LogP contribution in [0.15, 0.2) is 5.16 Å². The molecule has 0 saturated carbocycles. The van der Waals surface area contributed by atoms with Gasteiger partial charge in [-0.2, -0.15) is 4.80 Å². The first-order valence-electron chi connectivity index (χ1n) is 3.54. The fourth-order valence-corrected chi connectivity index (χ4v) is 1.01. The molecule has 4 nitrogen and oxygen atoms in total. The van der Waals surface area contributed by atoms with Gasteiger partial charge in [-0.15, -0.1) is 10.2 Å². The number of thioether (sulfide) groups is 1. The largest absolute Gasteiger partial charge is 0.230 e. The maximum atomic E-state index is 4.13. The average molecular weight is 172 g/mol. The highest BCUT2D eigenvalue weighted by Gasteiger charge is 2.01. The smallest absolute Gasteiger partial charge is 0.163 e. The van der Waals surface area contributed by atoms with Crippen LogP contribution >= 0.6 is 11.8 Å². The quantitative estimate of drug-likeness (QED) is 0.639. The molecule has 1 heterocycles. The van der Waals surface area contributed by atoms with Crippen LogP contribution in [0.25, 0.3) is 0 Å². The zero-order valence-electron chi connectivity index (χ0n) is 6.98. The van der Waals surface area contributed by atoms with Crippen molar-refractivity contribution >= 4 is 11.8 Å². The van der Waals surface area contributed by atoms with Crippen LogP contribution in [0.3, 0.4) is 0 Å². The number of hydrogen-bond acceptors (Lipinski definition) is 4. The minimum absolute atomic E-state index is 0.568. The number of hydrogen-bond donors (Lipinski definition) is 0. The maximum absolute atomic E-state index is 4.13. The van der Waals surface area contributed by atoms with Crippen molar-refractivity contribution < 1.29 is 0 Å². The Morgan fingerprint density at radius 3 is 2.73 bits per heavy atom. The van der Waals surface area contributed by atoms with Crippen LogP contribution in [-0.4, -0.2) is 26.5 Å². The van der Waals surface area contributed by atoms with E-state index in [0.717, 1.165) is 11.7 Å². The summed E-state index contributed by atoms with van der Waals surface area (Å²) in [6, 6.07) is 0. The van der Waals surface area contributed by atoms with Crippen molar-refractivity contribution in [1.82, 2.24) is 20.2 Å². The van der Waals surface area contributed by atoms with E-state index in [-0.39, 0.29) is 0 Å². The molecule has 0 aliphatic rings. The first-order chi connectivity index (χ1) is 5.22. The molecule has 0 fully saturated rings. The van der Waals surface area contributed by atoms with Crippen LogP contribution in [0.2, 0.25) is 0 Å². The van der Waals surface area contributed by atoms with E-state index < -0.39 is 0 Å². The van der Waals surface area contributed by atoms with Gasteiger partial charge in [-0.25, -0.2) is 0 Å². The monoisotopic (exact) mass is 172 g/mol. The van der Waals surface area contributed by atoms with Crippen LogP contribution in [-0.2, 0) is 6.54 Å². The van der Waals surface area contributed by atoms with Crippen molar-refractivity contribution in [2.45, 2.75) is 25.5 Å². The summed E-state index contributed by atoms with van der Waals surface area (Å²) < 4.78 is 0. The number of nitrogens with zero attached hydrogens (tertiary/aromatic N) is 4. The lowest BCUT2D eigenvalue weighted by atomic mass is 10.2. The van der Waals surface area contributed by atoms with Gasteiger partial charge in [0.1, 0.15) is 0 Å². The molecule has 0 saturated heterocycles. The van der Waals surface area contributed by atoms with E-state index in [1.807, 2.05) is 6.26 Å². The molecule has 0 spiro atoms. The maximum Gasteiger partial charge on any atom is 0.230 e. The van der Waals surface area contributed by atoms with Gasteiger partial charge in [0.05, 0.1) is 6.54 Å². The van der Waals surface area contributed by atoms with Crippen LogP contribution in [0.4, 0.5) is 0 Å². The molecule has 0 aliphatic carbocycles. The summed E-state index contributed by atoms with van der Waals surface area (Å²) in [4.78, 5) is 1.64. The molecule has 0 aromatic carbocycles. The first-order valence-corrected chi connectivity index (χ1v) is 4.76. The molecule has 1 aromatic heterocycles. The molecule has 0 aliphatic heterocycles. The summed E-state index contributed by atoms with van der Waals surface area (Å²) in [6.45, 7) is 5.10. The molecule has 0 amide bonds. The van der Waals surface area contributed by atoms with E-state index in [1.165, 1.54) is 11.8 Å². The van der Waals surface area contributed by atoms with Crippen LogP contribution < -0.4 is 0 Å². The van der Waals surface area contributed by atoms with Gasteiger partial charge >= 0.3 is 0 Å². The van der Waals surface area contributed by atoms with Crippen molar-refractivity contribution in [3.05, 3.63) is 0 Å². The molecule has 0 bridgehead atoms. The van der Waals surface area contributed by atoms with Gasteiger partial charge in [0.15, 0.2) is 0 Å². The van der Waals surface area contributed by atoms with Crippen LogP contribution in [0.1, 0.15) is 13.8 Å². The van der Waals surface area contributed by atoms with Gasteiger partial charge in [-0.05, 0) is 17.4 Å². The normalized spacial score (nSPS) is 10.9. The third-order valence-corrected chi connectivity index (χ3v) is 1.67. The molecular formula is C6H12N4S. The van der Waals surface area contributed by atoms with Crippen molar-refractivity contribution in [1.29, 1.82) is 0 Å². The molecule has 0 N–H and O–H groups in total. The average Bonchev–Trinajstić information content (AvgIpc) is 2.34. The van der Waals surface area contributed by atoms with Crippen LogP contribution in [0, 0.1) is 5.92 Å². The van der Waals surface area contributed by atoms with Crippen molar-refractivity contribution in [3.63, 3.8) is 0 Å². The molecule has 1 rings (SSSR count). The summed E-state index contributed by atoms with van der Waals surface area (Å²) in [7, 11) is 0. The Labute approximate surface area is 70.4 Å². The van der Waals surface area contributed by atoms with Gasteiger partial charge in [0.2, 0.25) is 5.16 Å². The molecular weight excluding hydrogens is 160 g/mol. The molecule has 0 atom stereocenters. The predicted octanol–water partition coefficient (Wildman–Crippen LogP) is 1.05. The minimum Gasteiger partial charge on any atom is -0.163 e. The fourth-order valence-electron chi connectivity index (χ4n) is 0.714. The Morgan fingerprint density at radius 1 is 1.55 bits per heavy atom. The third-order valence-electron chi connectivity index (χ3n) is 1.15. The van der Waals surface area contributed by atoms with E-state index >= 15 is 0 Å². The second-order valence-electron chi connectivity index (χ2n) is 2.72. The number of rotatable bonds is 3. The molecule has 0 radical (unpaired) electrons. The van der Waals surface area contributed by atoms with Gasteiger partial charge in [0, 0.05) is 0 Å². The Kier molecular flexibility index (Phi) is 2.87. The molecule has 5 heteroatoms. The molecule has 62 valence electrons. The minimum atomic E-state index is 0.568. The Hall–Kier alpha value is -0.580. The Morgan fingerprint density at radius 2 is 2.27 bits per heavy atom. The summed E-state index contributed by atoms with van der Waals surface area (Å²) in [5.74, 6) is 0.568. The molecule has 0 unspecified atom stereocenters. The zero-order valence-corrected chi connectivity index (χ0v) is 7.80. The first kappa shape index (κ1) is 8.52. The predicted molar refractivity (Wildman–Crippen MR) is 44.4 cm³/mol. The van der Waals surface area contributed by atoms with Gasteiger partial charge in [0.25, 0.3) is 0 Å². The van der Waals surface area contributed by atoms with Gasteiger partial charge in [-0.3, -0.25) is 0 Å². The second-order valence-corrected chi connectivity index (χ2v) is 3.50. The number of aromatic nitrogens is 4.